The molecule has 11 heavy (non-hydrogen) atoms. The fourth-order valence-electron chi connectivity index (χ4n) is 0.626. The number of aromatic hydroxyl groups is 1. The molecular formula is C7H8KNO2. The first-order chi connectivity index (χ1) is 4.70. The fraction of sp³-hybridized carbons (Fsp3) is 0. The number of rotatable bonds is 1. The molecule has 3 nitrogen and oxygen atoms in total. The summed E-state index contributed by atoms with van der Waals surface area (Å²) in [5.74, 6) is -0.356. The molecule has 0 spiro atoms. The normalized spacial score (nSPS) is 8.36. The molecular weight excluding hydrogens is 169 g/mol. The van der Waals surface area contributed by atoms with Gasteiger partial charge in [0.2, 0.25) is 5.91 Å². The van der Waals surface area contributed by atoms with E-state index in [0.717, 1.165) is 0 Å². The van der Waals surface area contributed by atoms with Crippen molar-refractivity contribution in [2.24, 2.45) is 5.73 Å². The molecule has 0 radical (unpaired) electrons. The van der Waals surface area contributed by atoms with E-state index in [9.17, 15) is 4.79 Å². The summed E-state index contributed by atoms with van der Waals surface area (Å²) in [5, 5.41) is 8.79. The third-order valence-corrected chi connectivity index (χ3v) is 1.15. The Balaban J connectivity index is 0.000001000. The van der Waals surface area contributed by atoms with Crippen molar-refractivity contribution >= 4 is 57.3 Å². The molecule has 0 saturated heterocycles. The predicted octanol–water partition coefficient (Wildman–Crippen LogP) is -0.157. The molecule has 0 saturated carbocycles. The number of nitrogens with two attached hydrogens (primary N) is 1. The van der Waals surface area contributed by atoms with Crippen LogP contribution in [0.25, 0.3) is 0 Å². The van der Waals surface area contributed by atoms with Crippen LogP contribution in [0.2, 0.25) is 0 Å². The number of phenols is 1. The first kappa shape index (κ1) is 11.1. The molecule has 3 N–H and O–H groups in total. The van der Waals surface area contributed by atoms with Gasteiger partial charge in [-0.1, -0.05) is 0 Å². The molecule has 0 aliphatic rings. The summed E-state index contributed by atoms with van der Waals surface area (Å²) >= 11 is 0. The molecule has 1 rings (SSSR count). The molecule has 4 heteroatoms. The van der Waals surface area contributed by atoms with Crippen LogP contribution in [0.1, 0.15) is 10.4 Å². The van der Waals surface area contributed by atoms with E-state index in [0.29, 0.717) is 5.56 Å². The molecule has 54 valence electrons. The minimum absolute atomic E-state index is 0. The zero-order chi connectivity index (χ0) is 7.56. The van der Waals surface area contributed by atoms with Crippen molar-refractivity contribution in [3.63, 3.8) is 0 Å². The molecule has 0 bridgehead atoms. The van der Waals surface area contributed by atoms with Crippen LogP contribution in [-0.4, -0.2) is 62.4 Å². The van der Waals surface area contributed by atoms with E-state index >= 15 is 0 Å². The third-order valence-electron chi connectivity index (χ3n) is 1.15. The van der Waals surface area contributed by atoms with Gasteiger partial charge in [-0.3, -0.25) is 4.79 Å². The standard InChI is InChI=1S/C7H7NO2.K.H/c8-7(10)5-1-3-6(9)4-2-5;;/h1-4,9H,(H2,8,10);;. The van der Waals surface area contributed by atoms with Gasteiger partial charge in [-0.2, -0.15) is 0 Å². The van der Waals surface area contributed by atoms with E-state index in [1.54, 1.807) is 0 Å². The van der Waals surface area contributed by atoms with Crippen LogP contribution in [0, 0.1) is 0 Å². The topological polar surface area (TPSA) is 63.3 Å². The summed E-state index contributed by atoms with van der Waals surface area (Å²) in [6.45, 7) is 0. The Morgan fingerprint density at radius 2 is 1.73 bits per heavy atom. The maximum atomic E-state index is 10.5. The van der Waals surface area contributed by atoms with E-state index in [2.05, 4.69) is 0 Å². The fourth-order valence-corrected chi connectivity index (χ4v) is 0.626. The van der Waals surface area contributed by atoms with Gasteiger partial charge in [0.05, 0.1) is 0 Å². The van der Waals surface area contributed by atoms with Crippen LogP contribution < -0.4 is 5.73 Å². The number of benzene rings is 1. The average molecular weight is 177 g/mol. The Morgan fingerprint density at radius 1 is 1.27 bits per heavy atom. The van der Waals surface area contributed by atoms with E-state index < -0.39 is 5.91 Å². The Hall–Kier alpha value is 0.126. The molecule has 0 atom stereocenters. The van der Waals surface area contributed by atoms with Crippen molar-refractivity contribution in [2.45, 2.75) is 0 Å². The minimum atomic E-state index is -0.486. The molecule has 0 unspecified atom stereocenters. The van der Waals surface area contributed by atoms with Gasteiger partial charge in [0.15, 0.2) is 0 Å². The molecule has 0 fully saturated rings. The van der Waals surface area contributed by atoms with Crippen LogP contribution in [0.15, 0.2) is 24.3 Å². The van der Waals surface area contributed by atoms with Crippen molar-refractivity contribution in [3.8, 4) is 5.75 Å². The number of hydrogen-bond acceptors (Lipinski definition) is 2. The van der Waals surface area contributed by atoms with Gasteiger partial charge in [-0.25, -0.2) is 0 Å². The van der Waals surface area contributed by atoms with Gasteiger partial charge in [-0.05, 0) is 24.3 Å². The zero-order valence-electron chi connectivity index (χ0n) is 5.24. The number of phenolic OH excluding ortho intramolecular Hbond substituents is 1. The summed E-state index contributed by atoms with van der Waals surface area (Å²) in [5.41, 5.74) is 5.34. The first-order valence-electron chi connectivity index (χ1n) is 2.79. The second-order valence-electron chi connectivity index (χ2n) is 1.91. The van der Waals surface area contributed by atoms with Crippen molar-refractivity contribution in [2.75, 3.05) is 0 Å². The zero-order valence-corrected chi connectivity index (χ0v) is 5.24. The Labute approximate surface area is 107 Å². The molecule has 0 aliphatic carbocycles. The number of carbonyl (C=O) groups excluding carboxylic acids is 1. The molecule has 0 heterocycles. The second-order valence-corrected chi connectivity index (χ2v) is 1.91. The van der Waals surface area contributed by atoms with Crippen molar-refractivity contribution < 1.29 is 9.90 Å². The van der Waals surface area contributed by atoms with Crippen molar-refractivity contribution in [1.82, 2.24) is 0 Å². The molecule has 1 aromatic rings. The molecule has 1 amide bonds. The SMILES string of the molecule is NC(=O)c1ccc(O)cc1.[KH]. The quantitative estimate of drug-likeness (QED) is 0.586. The Bertz CT molecular complexity index is 245. The van der Waals surface area contributed by atoms with Crippen LogP contribution in [0.5, 0.6) is 5.75 Å². The second kappa shape index (κ2) is 4.90. The van der Waals surface area contributed by atoms with E-state index in [4.69, 9.17) is 10.8 Å². The molecule has 0 aliphatic heterocycles. The van der Waals surface area contributed by atoms with Gasteiger partial charge in [0.25, 0.3) is 0 Å². The van der Waals surface area contributed by atoms with E-state index in [1.165, 1.54) is 24.3 Å². The van der Waals surface area contributed by atoms with Gasteiger partial charge in [-0.15, -0.1) is 0 Å². The van der Waals surface area contributed by atoms with Gasteiger partial charge in [0.1, 0.15) is 5.75 Å². The monoisotopic (exact) mass is 177 g/mol. The number of amides is 1. The summed E-state index contributed by atoms with van der Waals surface area (Å²) in [4.78, 5) is 10.5. The van der Waals surface area contributed by atoms with E-state index in [1.807, 2.05) is 0 Å². The first-order valence-corrected chi connectivity index (χ1v) is 2.79. The number of carbonyl (C=O) groups is 1. The van der Waals surface area contributed by atoms with Crippen LogP contribution in [0.4, 0.5) is 0 Å². The summed E-state index contributed by atoms with van der Waals surface area (Å²) in [6.07, 6.45) is 0. The van der Waals surface area contributed by atoms with Crippen molar-refractivity contribution in [3.05, 3.63) is 29.8 Å². The predicted molar refractivity (Wildman–Crippen MR) is 43.8 cm³/mol. The molecule has 0 aromatic heterocycles. The molecule has 1 aromatic carbocycles. The van der Waals surface area contributed by atoms with Crippen LogP contribution >= 0.6 is 0 Å². The average Bonchev–Trinajstić information content (AvgIpc) is 1.88. The maximum absolute atomic E-state index is 10.5. The number of hydrogen-bond donors (Lipinski definition) is 2. The van der Waals surface area contributed by atoms with Crippen LogP contribution in [-0.2, 0) is 0 Å². The van der Waals surface area contributed by atoms with Gasteiger partial charge in [0, 0.05) is 5.56 Å². The summed E-state index contributed by atoms with van der Waals surface area (Å²) in [7, 11) is 0. The summed E-state index contributed by atoms with van der Waals surface area (Å²) in [6, 6.07) is 5.77. The Kier molecular flexibility index (Phi) is 4.95. The number of primary amides is 1. The summed E-state index contributed by atoms with van der Waals surface area (Å²) < 4.78 is 0. The Morgan fingerprint density at radius 3 is 2.09 bits per heavy atom. The van der Waals surface area contributed by atoms with E-state index in [-0.39, 0.29) is 57.1 Å². The van der Waals surface area contributed by atoms with Gasteiger partial charge >= 0.3 is 51.4 Å². The van der Waals surface area contributed by atoms with Crippen molar-refractivity contribution in [1.29, 1.82) is 0 Å². The van der Waals surface area contributed by atoms with Crippen LogP contribution in [0.3, 0.4) is 0 Å². The third kappa shape index (κ3) is 3.35. The van der Waals surface area contributed by atoms with Gasteiger partial charge < -0.3 is 10.8 Å².